The molecule has 3 nitrogen and oxygen atoms in total. The van der Waals surface area contributed by atoms with Crippen molar-refractivity contribution in [2.45, 2.75) is 39.7 Å². The van der Waals surface area contributed by atoms with E-state index in [-0.39, 0.29) is 17.7 Å². The Kier molecular flexibility index (Phi) is 4.31. The van der Waals surface area contributed by atoms with Gasteiger partial charge >= 0.3 is 0 Å². The van der Waals surface area contributed by atoms with Gasteiger partial charge in [0.1, 0.15) is 0 Å². The summed E-state index contributed by atoms with van der Waals surface area (Å²) in [7, 11) is -3.14. The number of hydrogen-bond donors (Lipinski definition) is 0. The predicted octanol–water partition coefficient (Wildman–Crippen LogP) is 2.98. The van der Waals surface area contributed by atoms with Crippen molar-refractivity contribution in [3.63, 3.8) is 0 Å². The average Bonchev–Trinajstić information content (AvgIpc) is 2.37. The summed E-state index contributed by atoms with van der Waals surface area (Å²) in [6.07, 6.45) is 1.49. The summed E-state index contributed by atoms with van der Waals surface area (Å²) in [6.45, 7) is 6.73. The predicted molar refractivity (Wildman–Crippen MR) is 78.5 cm³/mol. The molecule has 0 radical (unpaired) electrons. The number of sulfonamides is 1. The molecule has 19 heavy (non-hydrogen) atoms. The molecule has 1 unspecified atom stereocenters. The fourth-order valence-electron chi connectivity index (χ4n) is 2.95. The number of benzene rings is 1. The number of fused-ring (bicyclic) bond motifs is 1. The minimum Gasteiger partial charge on any atom is -0.212 e. The van der Waals surface area contributed by atoms with E-state index in [0.717, 1.165) is 6.42 Å². The molecule has 1 aromatic carbocycles. The van der Waals surface area contributed by atoms with Crippen LogP contribution in [0.3, 0.4) is 0 Å². The minimum absolute atomic E-state index is 0.0125. The zero-order chi connectivity index (χ0) is 14.0. The Labute approximate surface area is 116 Å². The van der Waals surface area contributed by atoms with E-state index in [1.165, 1.54) is 11.1 Å². The molecule has 1 atom stereocenters. The van der Waals surface area contributed by atoms with E-state index in [9.17, 15) is 8.42 Å². The van der Waals surface area contributed by atoms with Crippen LogP contribution in [0.15, 0.2) is 24.3 Å². The monoisotopic (exact) mass is 281 g/mol. The second kappa shape index (κ2) is 5.63. The zero-order valence-corrected chi connectivity index (χ0v) is 12.8. The zero-order valence-electron chi connectivity index (χ0n) is 12.0. The summed E-state index contributed by atoms with van der Waals surface area (Å²) in [5.74, 6) is 0.534. The molecule has 106 valence electrons. The molecule has 0 N–H and O–H groups in total. The molecule has 0 spiro atoms. The van der Waals surface area contributed by atoms with E-state index in [0.29, 0.717) is 13.0 Å². The first-order chi connectivity index (χ1) is 8.97. The molecule has 1 aliphatic heterocycles. The molecule has 0 fully saturated rings. The molecule has 1 heterocycles. The number of hydrogen-bond acceptors (Lipinski definition) is 2. The Balaban J connectivity index is 2.43. The molecule has 1 aliphatic rings. The van der Waals surface area contributed by atoms with Gasteiger partial charge in [-0.25, -0.2) is 8.42 Å². The van der Waals surface area contributed by atoms with Crippen molar-refractivity contribution in [2.75, 3.05) is 12.3 Å². The van der Waals surface area contributed by atoms with E-state index in [4.69, 9.17) is 0 Å². The van der Waals surface area contributed by atoms with Crippen molar-refractivity contribution in [1.82, 2.24) is 4.31 Å². The second-order valence-electron chi connectivity index (χ2n) is 5.56. The van der Waals surface area contributed by atoms with Crippen molar-refractivity contribution in [3.8, 4) is 0 Å². The van der Waals surface area contributed by atoms with Crippen LogP contribution in [0.5, 0.6) is 0 Å². The summed E-state index contributed by atoms with van der Waals surface area (Å²) in [5, 5.41) is 0. The van der Waals surface area contributed by atoms with Crippen LogP contribution < -0.4 is 0 Å². The number of nitrogens with zero attached hydrogens (tertiary/aromatic N) is 1. The Bertz CT molecular complexity index is 537. The van der Waals surface area contributed by atoms with Crippen molar-refractivity contribution in [1.29, 1.82) is 0 Å². The quantitative estimate of drug-likeness (QED) is 0.851. The molecule has 0 amide bonds. The molecule has 0 saturated carbocycles. The molecule has 0 aliphatic carbocycles. The fourth-order valence-corrected chi connectivity index (χ4v) is 4.78. The molecule has 0 aromatic heterocycles. The van der Waals surface area contributed by atoms with Crippen LogP contribution in [0.1, 0.15) is 44.4 Å². The van der Waals surface area contributed by atoms with Crippen molar-refractivity contribution in [2.24, 2.45) is 5.92 Å². The number of rotatable bonds is 4. The van der Waals surface area contributed by atoms with Gasteiger partial charge in [0.15, 0.2) is 0 Å². The SMILES string of the molecule is CCCS(=O)(=O)N1CCc2ccccc2C1C(C)C. The summed E-state index contributed by atoms with van der Waals surface area (Å²) < 4.78 is 26.6. The molecule has 0 saturated heterocycles. The highest BCUT2D eigenvalue weighted by molar-refractivity contribution is 7.89. The highest BCUT2D eigenvalue weighted by Gasteiger charge is 2.36. The van der Waals surface area contributed by atoms with Gasteiger partial charge in [-0.05, 0) is 29.9 Å². The van der Waals surface area contributed by atoms with Crippen LogP contribution in [0.4, 0.5) is 0 Å². The van der Waals surface area contributed by atoms with Crippen LogP contribution in [-0.2, 0) is 16.4 Å². The first-order valence-corrected chi connectivity index (χ1v) is 8.65. The second-order valence-corrected chi connectivity index (χ2v) is 7.61. The van der Waals surface area contributed by atoms with Gasteiger partial charge in [-0.2, -0.15) is 4.31 Å². The van der Waals surface area contributed by atoms with Gasteiger partial charge in [0.2, 0.25) is 10.0 Å². The van der Waals surface area contributed by atoms with E-state index in [1.54, 1.807) is 4.31 Å². The van der Waals surface area contributed by atoms with Gasteiger partial charge in [0, 0.05) is 6.54 Å². The summed E-state index contributed by atoms with van der Waals surface area (Å²) in [4.78, 5) is 0. The molecular formula is C15H23NO2S. The molecule has 2 rings (SSSR count). The molecule has 0 bridgehead atoms. The summed E-state index contributed by atoms with van der Waals surface area (Å²) in [5.41, 5.74) is 2.48. The third-order valence-corrected chi connectivity index (χ3v) is 5.78. The van der Waals surface area contributed by atoms with Gasteiger partial charge in [-0.1, -0.05) is 45.0 Å². The normalized spacial score (nSPS) is 20.5. The van der Waals surface area contributed by atoms with Crippen LogP contribution in [0, 0.1) is 5.92 Å². The van der Waals surface area contributed by atoms with E-state index < -0.39 is 10.0 Å². The Hall–Kier alpha value is -0.870. The van der Waals surface area contributed by atoms with Crippen LogP contribution in [-0.4, -0.2) is 25.0 Å². The Morgan fingerprint density at radius 3 is 2.63 bits per heavy atom. The van der Waals surface area contributed by atoms with Crippen molar-refractivity contribution in [3.05, 3.63) is 35.4 Å². The Morgan fingerprint density at radius 1 is 1.32 bits per heavy atom. The van der Waals surface area contributed by atoms with Crippen LogP contribution >= 0.6 is 0 Å². The van der Waals surface area contributed by atoms with Gasteiger partial charge in [-0.15, -0.1) is 0 Å². The maximum Gasteiger partial charge on any atom is 0.214 e. The lowest BCUT2D eigenvalue weighted by atomic mass is 9.88. The minimum atomic E-state index is -3.14. The third kappa shape index (κ3) is 2.84. The summed E-state index contributed by atoms with van der Waals surface area (Å²) in [6, 6.07) is 8.22. The highest BCUT2D eigenvalue weighted by atomic mass is 32.2. The first-order valence-electron chi connectivity index (χ1n) is 7.04. The van der Waals surface area contributed by atoms with Gasteiger partial charge < -0.3 is 0 Å². The van der Waals surface area contributed by atoms with Gasteiger partial charge in [0.05, 0.1) is 11.8 Å². The van der Waals surface area contributed by atoms with Gasteiger partial charge in [0.25, 0.3) is 0 Å². The highest BCUT2D eigenvalue weighted by Crippen LogP contribution is 2.36. The maximum absolute atomic E-state index is 12.4. The van der Waals surface area contributed by atoms with Gasteiger partial charge in [-0.3, -0.25) is 0 Å². The molecule has 4 heteroatoms. The van der Waals surface area contributed by atoms with E-state index >= 15 is 0 Å². The lowest BCUT2D eigenvalue weighted by Crippen LogP contribution is -2.43. The van der Waals surface area contributed by atoms with Crippen LogP contribution in [0.2, 0.25) is 0 Å². The van der Waals surface area contributed by atoms with E-state index in [2.05, 4.69) is 26.0 Å². The lowest BCUT2D eigenvalue weighted by Gasteiger charge is -2.38. The summed E-state index contributed by atoms with van der Waals surface area (Å²) >= 11 is 0. The van der Waals surface area contributed by atoms with Crippen LogP contribution in [0.25, 0.3) is 0 Å². The first kappa shape index (κ1) is 14.5. The van der Waals surface area contributed by atoms with E-state index in [1.807, 2.05) is 19.1 Å². The molecule has 1 aromatic rings. The largest absolute Gasteiger partial charge is 0.214 e. The topological polar surface area (TPSA) is 37.4 Å². The van der Waals surface area contributed by atoms with Crippen molar-refractivity contribution >= 4 is 10.0 Å². The average molecular weight is 281 g/mol. The standard InChI is InChI=1S/C15H23NO2S/c1-4-11-19(17,18)16-10-9-13-7-5-6-8-14(13)15(16)12(2)3/h5-8,12,15H,4,9-11H2,1-3H3. The van der Waals surface area contributed by atoms with Crippen molar-refractivity contribution < 1.29 is 8.42 Å². The fraction of sp³-hybridized carbons (Fsp3) is 0.600. The Morgan fingerprint density at radius 2 is 2.00 bits per heavy atom. The lowest BCUT2D eigenvalue weighted by molar-refractivity contribution is 0.248. The molecular weight excluding hydrogens is 258 g/mol. The smallest absolute Gasteiger partial charge is 0.212 e. The third-order valence-electron chi connectivity index (χ3n) is 3.74. The maximum atomic E-state index is 12.4.